The summed E-state index contributed by atoms with van der Waals surface area (Å²) < 4.78 is 14.2. The standard InChI is InChI=1S/C18H12FN3O3.ClH/c19-10-5-3-9(4-6-10)8-22-17(24)12-13(18(22)25)16(23)15-11(14(12)20)2-1-7-21-15;/h1-7,20,24-25H,8H2;1H. The number of ketones is 1. The van der Waals surface area contributed by atoms with Gasteiger partial charge in [-0.05, 0) is 29.8 Å². The Hall–Kier alpha value is -3.19. The van der Waals surface area contributed by atoms with Crippen LogP contribution in [0.2, 0.25) is 0 Å². The molecular weight excluding hydrogens is 361 g/mol. The number of aromatic hydroxyl groups is 2. The van der Waals surface area contributed by atoms with Crippen LogP contribution in [0.1, 0.15) is 32.7 Å². The summed E-state index contributed by atoms with van der Waals surface area (Å²) >= 11 is 0. The van der Waals surface area contributed by atoms with Crippen molar-refractivity contribution in [3.8, 4) is 11.8 Å². The van der Waals surface area contributed by atoms with Crippen LogP contribution in [-0.4, -0.2) is 31.3 Å². The number of fused-ring (bicyclic) bond motifs is 2. The largest absolute Gasteiger partial charge is 0.494 e. The molecule has 2 aromatic heterocycles. The second kappa shape index (κ2) is 6.27. The Kier molecular flexibility index (Phi) is 4.25. The lowest BCUT2D eigenvalue weighted by molar-refractivity contribution is 0.103. The van der Waals surface area contributed by atoms with Crippen molar-refractivity contribution in [3.63, 3.8) is 0 Å². The van der Waals surface area contributed by atoms with Crippen molar-refractivity contribution in [2.45, 2.75) is 6.54 Å². The van der Waals surface area contributed by atoms with Crippen LogP contribution < -0.4 is 0 Å². The fourth-order valence-electron chi connectivity index (χ4n) is 3.01. The normalized spacial score (nSPS) is 12.3. The number of aromatic nitrogens is 2. The number of nitrogens with one attached hydrogen (secondary N) is 1. The molecule has 0 bridgehead atoms. The molecule has 8 heteroatoms. The zero-order valence-electron chi connectivity index (χ0n) is 13.2. The van der Waals surface area contributed by atoms with Crippen LogP contribution in [0.5, 0.6) is 11.8 Å². The van der Waals surface area contributed by atoms with E-state index in [2.05, 4.69) is 4.98 Å². The van der Waals surface area contributed by atoms with Gasteiger partial charge in [0.15, 0.2) is 0 Å². The van der Waals surface area contributed by atoms with Crippen molar-refractivity contribution in [2.75, 3.05) is 0 Å². The molecule has 0 amide bonds. The van der Waals surface area contributed by atoms with Gasteiger partial charge in [-0.2, -0.15) is 0 Å². The summed E-state index contributed by atoms with van der Waals surface area (Å²) in [6, 6.07) is 8.71. The summed E-state index contributed by atoms with van der Waals surface area (Å²) in [6.45, 7) is 0.0231. The number of benzene rings is 1. The smallest absolute Gasteiger partial charge is 0.218 e. The molecule has 3 aromatic rings. The van der Waals surface area contributed by atoms with Gasteiger partial charge in [-0.3, -0.25) is 19.8 Å². The van der Waals surface area contributed by atoms with Crippen molar-refractivity contribution in [1.29, 1.82) is 5.41 Å². The topological polar surface area (TPSA) is 99.2 Å². The zero-order chi connectivity index (χ0) is 17.7. The van der Waals surface area contributed by atoms with E-state index in [9.17, 15) is 19.4 Å². The van der Waals surface area contributed by atoms with E-state index in [1.165, 1.54) is 30.5 Å². The first-order chi connectivity index (χ1) is 12.0. The van der Waals surface area contributed by atoms with Crippen LogP contribution >= 0.6 is 12.4 Å². The van der Waals surface area contributed by atoms with Gasteiger partial charge in [0.2, 0.25) is 17.5 Å². The van der Waals surface area contributed by atoms with Crippen LogP contribution in [0.25, 0.3) is 0 Å². The first kappa shape index (κ1) is 17.6. The number of carbonyl (C=O) groups excluding carboxylic acids is 1. The molecule has 0 radical (unpaired) electrons. The Morgan fingerprint density at radius 2 is 1.73 bits per heavy atom. The number of hydrogen-bond donors (Lipinski definition) is 3. The highest BCUT2D eigenvalue weighted by atomic mass is 35.5. The number of rotatable bonds is 2. The van der Waals surface area contributed by atoms with Gasteiger partial charge in [-0.1, -0.05) is 12.1 Å². The summed E-state index contributed by atoms with van der Waals surface area (Å²) in [5.74, 6) is -1.78. The van der Waals surface area contributed by atoms with Crippen LogP contribution in [0.4, 0.5) is 4.39 Å². The lowest BCUT2D eigenvalue weighted by Crippen LogP contribution is -2.20. The number of nitrogens with zero attached hydrogens (tertiary/aromatic N) is 2. The molecule has 1 aliphatic rings. The zero-order valence-corrected chi connectivity index (χ0v) is 14.0. The second-order valence-corrected chi connectivity index (χ2v) is 5.71. The molecule has 1 aromatic carbocycles. The Bertz CT molecular complexity index is 986. The molecule has 2 heterocycles. The minimum Gasteiger partial charge on any atom is -0.494 e. The maximum atomic E-state index is 13.0. The van der Waals surface area contributed by atoms with Crippen molar-refractivity contribution in [2.24, 2.45) is 0 Å². The fraction of sp³-hybridized carbons (Fsp3) is 0.0556. The van der Waals surface area contributed by atoms with E-state index in [1.807, 2.05) is 0 Å². The Labute approximate surface area is 153 Å². The average molecular weight is 374 g/mol. The molecular formula is C18H13ClFN3O3. The number of hydrogen-bond acceptors (Lipinski definition) is 5. The monoisotopic (exact) mass is 373 g/mol. The Morgan fingerprint density at radius 1 is 1.08 bits per heavy atom. The minimum absolute atomic E-state index is 0. The molecule has 0 saturated heterocycles. The number of halogens is 2. The fourth-order valence-corrected chi connectivity index (χ4v) is 3.01. The van der Waals surface area contributed by atoms with Gasteiger partial charge >= 0.3 is 0 Å². The van der Waals surface area contributed by atoms with Crippen LogP contribution in [0.15, 0.2) is 42.6 Å². The minimum atomic E-state index is -0.549. The van der Waals surface area contributed by atoms with Gasteiger partial charge in [-0.25, -0.2) is 4.39 Å². The molecule has 132 valence electrons. The van der Waals surface area contributed by atoms with Gasteiger partial charge in [0, 0.05) is 11.8 Å². The quantitative estimate of drug-likeness (QED) is 0.503. The summed E-state index contributed by atoms with van der Waals surface area (Å²) in [5.41, 5.74) is 0.738. The second-order valence-electron chi connectivity index (χ2n) is 5.71. The van der Waals surface area contributed by atoms with Crippen molar-refractivity contribution in [3.05, 3.63) is 76.4 Å². The maximum Gasteiger partial charge on any atom is 0.218 e. The predicted molar refractivity (Wildman–Crippen MR) is 94.1 cm³/mol. The summed E-state index contributed by atoms with van der Waals surface area (Å²) in [6.07, 6.45) is 1.43. The molecule has 4 rings (SSSR count). The molecule has 0 atom stereocenters. The van der Waals surface area contributed by atoms with E-state index < -0.39 is 17.5 Å². The van der Waals surface area contributed by atoms with Gasteiger partial charge in [-0.15, -0.1) is 12.4 Å². The van der Waals surface area contributed by atoms with E-state index in [0.717, 1.165) is 4.57 Å². The van der Waals surface area contributed by atoms with E-state index >= 15 is 0 Å². The highest BCUT2D eigenvalue weighted by Gasteiger charge is 2.37. The molecule has 0 fully saturated rings. The molecule has 0 unspecified atom stereocenters. The van der Waals surface area contributed by atoms with Crippen LogP contribution in [0, 0.1) is 11.2 Å². The van der Waals surface area contributed by atoms with Gasteiger partial charge in [0.1, 0.15) is 11.5 Å². The highest BCUT2D eigenvalue weighted by molar-refractivity contribution is 6.30. The van der Waals surface area contributed by atoms with E-state index in [0.29, 0.717) is 11.1 Å². The summed E-state index contributed by atoms with van der Waals surface area (Å²) in [7, 11) is 0. The molecule has 6 nitrogen and oxygen atoms in total. The first-order valence-electron chi connectivity index (χ1n) is 7.47. The van der Waals surface area contributed by atoms with Crippen molar-refractivity contribution < 1.29 is 19.4 Å². The molecule has 26 heavy (non-hydrogen) atoms. The predicted octanol–water partition coefficient (Wildman–Crippen LogP) is 2.86. The maximum absolute atomic E-state index is 13.0. The summed E-state index contributed by atoms with van der Waals surface area (Å²) in [5, 5.41) is 29.2. The van der Waals surface area contributed by atoms with Crippen molar-refractivity contribution in [1.82, 2.24) is 9.55 Å². The third-order valence-corrected chi connectivity index (χ3v) is 4.23. The molecule has 1 aliphatic carbocycles. The third-order valence-electron chi connectivity index (χ3n) is 4.23. The first-order valence-corrected chi connectivity index (χ1v) is 7.47. The van der Waals surface area contributed by atoms with E-state index in [1.54, 1.807) is 12.1 Å². The number of pyridine rings is 1. The molecule has 0 spiro atoms. The third kappa shape index (κ3) is 2.44. The summed E-state index contributed by atoms with van der Waals surface area (Å²) in [4.78, 5) is 16.6. The SMILES string of the molecule is Cl.N=C1c2cccnc2C(=O)c2c1c(O)n(Cc1ccc(F)cc1)c2O. The van der Waals surface area contributed by atoms with Gasteiger partial charge in [0.05, 0.1) is 23.4 Å². The van der Waals surface area contributed by atoms with Crippen LogP contribution in [-0.2, 0) is 6.54 Å². The lowest BCUT2D eigenvalue weighted by Gasteiger charge is -2.14. The lowest BCUT2D eigenvalue weighted by atomic mass is 9.89. The van der Waals surface area contributed by atoms with Gasteiger partial charge < -0.3 is 10.2 Å². The van der Waals surface area contributed by atoms with Crippen LogP contribution in [0.3, 0.4) is 0 Å². The van der Waals surface area contributed by atoms with Gasteiger partial charge in [0.25, 0.3) is 0 Å². The molecule has 0 saturated carbocycles. The van der Waals surface area contributed by atoms with E-state index in [4.69, 9.17) is 5.41 Å². The number of carbonyl (C=O) groups is 1. The van der Waals surface area contributed by atoms with E-state index in [-0.39, 0.29) is 47.4 Å². The average Bonchev–Trinajstić information content (AvgIpc) is 2.86. The highest BCUT2D eigenvalue weighted by Crippen LogP contribution is 2.40. The Balaban J connectivity index is 0.00000196. The van der Waals surface area contributed by atoms with Crippen molar-refractivity contribution >= 4 is 23.9 Å². The molecule has 0 aliphatic heterocycles. The Morgan fingerprint density at radius 3 is 2.42 bits per heavy atom. The molecule has 3 N–H and O–H groups in total.